The molecule has 78 valence electrons. The zero-order valence-corrected chi connectivity index (χ0v) is 10.5. The lowest BCUT2D eigenvalue weighted by atomic mass is 10.2. The average molecular weight is 285 g/mol. The second kappa shape index (κ2) is 5.84. The SMILES string of the molecule is CC(=O)SCC#Cc1cc(Br)ccc1O. The molecule has 0 radical (unpaired) electrons. The zero-order valence-electron chi connectivity index (χ0n) is 8.08. The number of phenolic OH excluding ortho intramolecular Hbond substituents is 1. The minimum atomic E-state index is 0.0442. The first-order valence-corrected chi connectivity index (χ1v) is 5.98. The average Bonchev–Trinajstić information content (AvgIpc) is 2.17. The molecule has 4 heteroatoms. The van der Waals surface area contributed by atoms with Crippen molar-refractivity contribution in [1.29, 1.82) is 0 Å². The Hall–Kier alpha value is -0.920. The lowest BCUT2D eigenvalue weighted by Gasteiger charge is -1.96. The molecule has 15 heavy (non-hydrogen) atoms. The van der Waals surface area contributed by atoms with Gasteiger partial charge in [0.15, 0.2) is 5.12 Å². The van der Waals surface area contributed by atoms with Gasteiger partial charge in [0.2, 0.25) is 0 Å². The van der Waals surface area contributed by atoms with Crippen LogP contribution in [-0.4, -0.2) is 16.0 Å². The highest BCUT2D eigenvalue weighted by molar-refractivity contribution is 9.10. The van der Waals surface area contributed by atoms with E-state index in [0.29, 0.717) is 11.3 Å². The van der Waals surface area contributed by atoms with Gasteiger partial charge in [-0.15, -0.1) is 0 Å². The Morgan fingerprint density at radius 3 is 3.00 bits per heavy atom. The number of hydrogen-bond acceptors (Lipinski definition) is 3. The molecular weight excluding hydrogens is 276 g/mol. The second-order valence-electron chi connectivity index (χ2n) is 2.74. The van der Waals surface area contributed by atoms with Gasteiger partial charge in [-0.3, -0.25) is 4.79 Å². The molecule has 1 rings (SSSR count). The minimum Gasteiger partial charge on any atom is -0.507 e. The van der Waals surface area contributed by atoms with Crippen molar-refractivity contribution in [2.24, 2.45) is 0 Å². The van der Waals surface area contributed by atoms with Gasteiger partial charge in [0.05, 0.1) is 11.3 Å². The van der Waals surface area contributed by atoms with E-state index in [-0.39, 0.29) is 10.9 Å². The monoisotopic (exact) mass is 284 g/mol. The van der Waals surface area contributed by atoms with Crippen LogP contribution >= 0.6 is 27.7 Å². The Morgan fingerprint density at radius 1 is 1.60 bits per heavy atom. The van der Waals surface area contributed by atoms with Crippen LogP contribution in [0, 0.1) is 11.8 Å². The lowest BCUT2D eigenvalue weighted by Crippen LogP contribution is -1.82. The molecule has 0 saturated carbocycles. The number of benzene rings is 1. The molecule has 1 aromatic rings. The van der Waals surface area contributed by atoms with E-state index >= 15 is 0 Å². The standard InChI is InChI=1S/C11H9BrO2S/c1-8(13)15-6-2-3-9-7-10(12)4-5-11(9)14/h4-5,7,14H,6H2,1H3. The summed E-state index contributed by atoms with van der Waals surface area (Å²) in [5.41, 5.74) is 0.563. The molecule has 1 aromatic carbocycles. The fourth-order valence-electron chi connectivity index (χ4n) is 0.877. The number of hydrogen-bond donors (Lipinski definition) is 1. The topological polar surface area (TPSA) is 37.3 Å². The van der Waals surface area contributed by atoms with Crippen molar-refractivity contribution in [3.05, 3.63) is 28.2 Å². The quantitative estimate of drug-likeness (QED) is 0.806. The van der Waals surface area contributed by atoms with E-state index in [1.54, 1.807) is 18.2 Å². The van der Waals surface area contributed by atoms with Gasteiger partial charge >= 0.3 is 0 Å². The normalized spacial score (nSPS) is 9.20. The van der Waals surface area contributed by atoms with Gasteiger partial charge in [-0.1, -0.05) is 39.5 Å². The van der Waals surface area contributed by atoms with Crippen molar-refractivity contribution in [2.75, 3.05) is 5.75 Å². The molecule has 0 fully saturated rings. The second-order valence-corrected chi connectivity index (χ2v) is 4.81. The number of halogens is 1. The van der Waals surface area contributed by atoms with Crippen LogP contribution in [0.15, 0.2) is 22.7 Å². The van der Waals surface area contributed by atoms with Crippen LogP contribution in [0.25, 0.3) is 0 Å². The first-order valence-electron chi connectivity index (χ1n) is 4.20. The molecule has 0 spiro atoms. The Morgan fingerprint density at radius 2 is 2.33 bits per heavy atom. The maximum atomic E-state index is 10.6. The molecule has 0 atom stereocenters. The maximum Gasteiger partial charge on any atom is 0.186 e. The van der Waals surface area contributed by atoms with Crippen LogP contribution in [0.4, 0.5) is 0 Å². The van der Waals surface area contributed by atoms with E-state index in [1.807, 2.05) is 0 Å². The largest absolute Gasteiger partial charge is 0.507 e. The van der Waals surface area contributed by atoms with E-state index < -0.39 is 0 Å². The van der Waals surface area contributed by atoms with Crippen molar-refractivity contribution in [2.45, 2.75) is 6.92 Å². The highest BCUT2D eigenvalue weighted by Crippen LogP contribution is 2.20. The molecule has 0 saturated heterocycles. The van der Waals surface area contributed by atoms with Crippen LogP contribution in [-0.2, 0) is 4.79 Å². The summed E-state index contributed by atoms with van der Waals surface area (Å²) in [6, 6.07) is 5.05. The molecule has 0 unspecified atom stereocenters. The summed E-state index contributed by atoms with van der Waals surface area (Å²) in [6.45, 7) is 1.50. The van der Waals surface area contributed by atoms with Crippen molar-refractivity contribution in [3.63, 3.8) is 0 Å². The summed E-state index contributed by atoms with van der Waals surface area (Å²) in [4.78, 5) is 10.6. The molecule has 0 aliphatic heterocycles. The number of thioether (sulfide) groups is 1. The number of carbonyl (C=O) groups is 1. The maximum absolute atomic E-state index is 10.6. The van der Waals surface area contributed by atoms with Crippen molar-refractivity contribution >= 4 is 32.8 Å². The van der Waals surface area contributed by atoms with Crippen molar-refractivity contribution in [3.8, 4) is 17.6 Å². The van der Waals surface area contributed by atoms with Crippen LogP contribution < -0.4 is 0 Å². The fourth-order valence-corrected chi connectivity index (χ4v) is 1.59. The molecule has 0 bridgehead atoms. The number of rotatable bonds is 1. The van der Waals surface area contributed by atoms with Gasteiger partial charge < -0.3 is 5.11 Å². The summed E-state index contributed by atoms with van der Waals surface area (Å²) in [5, 5.41) is 9.49. The minimum absolute atomic E-state index is 0.0442. The molecule has 1 N–H and O–H groups in total. The van der Waals surface area contributed by atoms with Crippen LogP contribution in [0.3, 0.4) is 0 Å². The third-order valence-corrected chi connectivity index (χ3v) is 2.72. The van der Waals surface area contributed by atoms with Gasteiger partial charge in [0, 0.05) is 11.4 Å². The van der Waals surface area contributed by atoms with Crippen molar-refractivity contribution < 1.29 is 9.90 Å². The van der Waals surface area contributed by atoms with Gasteiger partial charge in [0.25, 0.3) is 0 Å². The molecule has 0 aromatic heterocycles. The van der Waals surface area contributed by atoms with Gasteiger partial charge in [-0.25, -0.2) is 0 Å². The molecule has 0 aliphatic rings. The molecule has 2 nitrogen and oxygen atoms in total. The summed E-state index contributed by atoms with van der Waals surface area (Å²) in [6.07, 6.45) is 0. The molecule has 0 heterocycles. The van der Waals surface area contributed by atoms with Gasteiger partial charge in [0.1, 0.15) is 5.75 Å². The molecular formula is C11H9BrO2S. The smallest absolute Gasteiger partial charge is 0.186 e. The first kappa shape index (κ1) is 12.2. The van der Waals surface area contributed by atoms with E-state index in [1.165, 1.54) is 6.92 Å². The third-order valence-electron chi connectivity index (χ3n) is 1.53. The molecule has 0 aliphatic carbocycles. The van der Waals surface area contributed by atoms with Crippen LogP contribution in [0.1, 0.15) is 12.5 Å². The predicted octanol–water partition coefficient (Wildman–Crippen LogP) is 2.79. The summed E-state index contributed by atoms with van der Waals surface area (Å²) >= 11 is 4.44. The summed E-state index contributed by atoms with van der Waals surface area (Å²) < 4.78 is 0.865. The van der Waals surface area contributed by atoms with Crippen LogP contribution in [0.5, 0.6) is 5.75 Å². The third kappa shape index (κ3) is 4.41. The van der Waals surface area contributed by atoms with Gasteiger partial charge in [-0.05, 0) is 18.2 Å². The zero-order chi connectivity index (χ0) is 11.3. The highest BCUT2D eigenvalue weighted by atomic mass is 79.9. The summed E-state index contributed by atoms with van der Waals surface area (Å²) in [7, 11) is 0. The predicted molar refractivity (Wildman–Crippen MR) is 65.8 cm³/mol. The lowest BCUT2D eigenvalue weighted by molar-refractivity contribution is -0.109. The van der Waals surface area contributed by atoms with E-state index in [9.17, 15) is 9.90 Å². The Bertz CT molecular complexity index is 432. The fraction of sp³-hybridized carbons (Fsp3) is 0.182. The van der Waals surface area contributed by atoms with E-state index in [2.05, 4.69) is 27.8 Å². The number of carbonyl (C=O) groups excluding carboxylic acids is 1. The highest BCUT2D eigenvalue weighted by Gasteiger charge is 1.97. The molecule has 0 amide bonds. The number of phenols is 1. The van der Waals surface area contributed by atoms with Crippen molar-refractivity contribution in [1.82, 2.24) is 0 Å². The van der Waals surface area contributed by atoms with E-state index in [0.717, 1.165) is 16.2 Å². The number of aromatic hydroxyl groups is 1. The van der Waals surface area contributed by atoms with E-state index in [4.69, 9.17) is 0 Å². The van der Waals surface area contributed by atoms with Crippen LogP contribution in [0.2, 0.25) is 0 Å². The first-order chi connectivity index (χ1) is 7.09. The Kier molecular flexibility index (Phi) is 4.73. The summed E-state index contributed by atoms with van der Waals surface area (Å²) in [5.74, 6) is 6.22. The Labute approximate surface area is 101 Å². The van der Waals surface area contributed by atoms with Gasteiger partial charge in [-0.2, -0.15) is 0 Å². The Balaban J connectivity index is 2.71.